The Balaban J connectivity index is 1.98. The highest BCUT2D eigenvalue weighted by Gasteiger charge is 2.19. The molecule has 4 heteroatoms. The first-order valence-corrected chi connectivity index (χ1v) is 5.63. The van der Waals surface area contributed by atoms with Crippen LogP contribution in [-0.4, -0.2) is 35.6 Å². The number of rotatable bonds is 3. The first-order valence-electron chi connectivity index (χ1n) is 5.63. The molecule has 0 spiro atoms. The van der Waals surface area contributed by atoms with Gasteiger partial charge in [-0.3, -0.25) is 0 Å². The average molecular weight is 206 g/mol. The number of nitrogens with one attached hydrogen (secondary N) is 1. The highest BCUT2D eigenvalue weighted by atomic mass is 15.2. The number of piperidine rings is 1. The number of likely N-dealkylation sites (N-methyl/N-ethyl adjacent to an activating group) is 1. The SMILES string of the molecule is CCNC1CCCN(c2cncnc2)C1. The van der Waals surface area contributed by atoms with Crippen molar-refractivity contribution in [3.05, 3.63) is 18.7 Å². The van der Waals surface area contributed by atoms with Crippen LogP contribution in [0.1, 0.15) is 19.8 Å². The molecule has 1 unspecified atom stereocenters. The van der Waals surface area contributed by atoms with Gasteiger partial charge in [-0.05, 0) is 19.4 Å². The molecule has 1 aliphatic rings. The van der Waals surface area contributed by atoms with E-state index in [1.807, 2.05) is 12.4 Å². The van der Waals surface area contributed by atoms with E-state index in [0.717, 1.165) is 25.3 Å². The fourth-order valence-corrected chi connectivity index (χ4v) is 2.12. The average Bonchev–Trinajstić information content (AvgIpc) is 2.31. The molecule has 0 radical (unpaired) electrons. The van der Waals surface area contributed by atoms with E-state index in [1.165, 1.54) is 12.8 Å². The van der Waals surface area contributed by atoms with Crippen molar-refractivity contribution in [1.82, 2.24) is 15.3 Å². The molecular formula is C11H18N4. The van der Waals surface area contributed by atoms with Gasteiger partial charge in [0.05, 0.1) is 18.1 Å². The molecule has 1 aromatic rings. The van der Waals surface area contributed by atoms with E-state index in [-0.39, 0.29) is 0 Å². The summed E-state index contributed by atoms with van der Waals surface area (Å²) in [4.78, 5) is 10.5. The lowest BCUT2D eigenvalue weighted by molar-refractivity contribution is 0.431. The monoisotopic (exact) mass is 206 g/mol. The molecule has 0 aromatic carbocycles. The molecule has 2 heterocycles. The summed E-state index contributed by atoms with van der Waals surface area (Å²) in [6, 6.07) is 0.615. The van der Waals surface area contributed by atoms with Crippen LogP contribution in [0.5, 0.6) is 0 Å². The molecule has 1 N–H and O–H groups in total. The topological polar surface area (TPSA) is 41.0 Å². The van der Waals surface area contributed by atoms with Gasteiger partial charge < -0.3 is 10.2 Å². The molecule has 82 valence electrons. The fraction of sp³-hybridized carbons (Fsp3) is 0.636. The van der Waals surface area contributed by atoms with E-state index >= 15 is 0 Å². The minimum atomic E-state index is 0.615. The van der Waals surface area contributed by atoms with Crippen molar-refractivity contribution in [2.24, 2.45) is 0 Å². The number of anilines is 1. The van der Waals surface area contributed by atoms with Crippen LogP contribution >= 0.6 is 0 Å². The zero-order valence-corrected chi connectivity index (χ0v) is 9.19. The molecule has 1 aromatic heterocycles. The smallest absolute Gasteiger partial charge is 0.115 e. The summed E-state index contributed by atoms with van der Waals surface area (Å²) in [5.41, 5.74) is 1.14. The van der Waals surface area contributed by atoms with Gasteiger partial charge in [0.15, 0.2) is 0 Å². The van der Waals surface area contributed by atoms with Gasteiger partial charge in [0.1, 0.15) is 6.33 Å². The van der Waals surface area contributed by atoms with Gasteiger partial charge in [-0.2, -0.15) is 0 Å². The highest BCUT2D eigenvalue weighted by molar-refractivity contribution is 5.42. The number of hydrogen-bond donors (Lipinski definition) is 1. The molecule has 2 rings (SSSR count). The van der Waals surface area contributed by atoms with Crippen molar-refractivity contribution in [2.75, 3.05) is 24.5 Å². The Kier molecular flexibility index (Phi) is 3.50. The quantitative estimate of drug-likeness (QED) is 0.802. The van der Waals surface area contributed by atoms with Crippen LogP contribution in [0.4, 0.5) is 5.69 Å². The second-order valence-electron chi connectivity index (χ2n) is 3.94. The van der Waals surface area contributed by atoms with Gasteiger partial charge in [0.25, 0.3) is 0 Å². The van der Waals surface area contributed by atoms with Crippen molar-refractivity contribution in [1.29, 1.82) is 0 Å². The third kappa shape index (κ3) is 2.65. The van der Waals surface area contributed by atoms with Crippen molar-refractivity contribution < 1.29 is 0 Å². The summed E-state index contributed by atoms with van der Waals surface area (Å²) in [5.74, 6) is 0. The largest absolute Gasteiger partial charge is 0.367 e. The Morgan fingerprint density at radius 2 is 2.27 bits per heavy atom. The molecular weight excluding hydrogens is 188 g/mol. The molecule has 15 heavy (non-hydrogen) atoms. The molecule has 0 amide bonds. The summed E-state index contributed by atoms with van der Waals surface area (Å²) < 4.78 is 0. The second-order valence-corrected chi connectivity index (χ2v) is 3.94. The second kappa shape index (κ2) is 5.07. The lowest BCUT2D eigenvalue weighted by atomic mass is 10.1. The van der Waals surface area contributed by atoms with E-state index in [9.17, 15) is 0 Å². The molecule has 1 fully saturated rings. The normalized spacial score (nSPS) is 21.7. The molecule has 0 saturated carbocycles. The van der Waals surface area contributed by atoms with Gasteiger partial charge in [0.2, 0.25) is 0 Å². The predicted molar refractivity (Wildman–Crippen MR) is 60.9 cm³/mol. The number of hydrogen-bond acceptors (Lipinski definition) is 4. The maximum atomic E-state index is 4.06. The Hall–Kier alpha value is -1.16. The summed E-state index contributed by atoms with van der Waals surface area (Å²) in [6.07, 6.45) is 7.88. The van der Waals surface area contributed by atoms with E-state index in [4.69, 9.17) is 0 Å². The number of aromatic nitrogens is 2. The van der Waals surface area contributed by atoms with Crippen LogP contribution in [0, 0.1) is 0 Å². The summed E-state index contributed by atoms with van der Waals surface area (Å²) >= 11 is 0. The van der Waals surface area contributed by atoms with E-state index in [2.05, 4.69) is 27.1 Å². The van der Waals surface area contributed by atoms with E-state index in [1.54, 1.807) is 6.33 Å². The Bertz CT molecular complexity index is 286. The summed E-state index contributed by atoms with van der Waals surface area (Å²) in [5, 5.41) is 3.50. The molecule has 0 bridgehead atoms. The molecule has 0 aliphatic carbocycles. The van der Waals surface area contributed by atoms with E-state index < -0.39 is 0 Å². The van der Waals surface area contributed by atoms with Gasteiger partial charge in [0, 0.05) is 19.1 Å². The van der Waals surface area contributed by atoms with Crippen molar-refractivity contribution in [3.63, 3.8) is 0 Å². The highest BCUT2D eigenvalue weighted by Crippen LogP contribution is 2.17. The first-order chi connectivity index (χ1) is 7.40. The van der Waals surface area contributed by atoms with Crippen molar-refractivity contribution >= 4 is 5.69 Å². The van der Waals surface area contributed by atoms with Crippen LogP contribution in [0.3, 0.4) is 0 Å². The van der Waals surface area contributed by atoms with Crippen LogP contribution < -0.4 is 10.2 Å². The van der Waals surface area contributed by atoms with Crippen LogP contribution in [0.2, 0.25) is 0 Å². The Morgan fingerprint density at radius 1 is 1.47 bits per heavy atom. The third-order valence-corrected chi connectivity index (χ3v) is 2.83. The maximum absolute atomic E-state index is 4.06. The van der Waals surface area contributed by atoms with Gasteiger partial charge in [-0.25, -0.2) is 9.97 Å². The third-order valence-electron chi connectivity index (χ3n) is 2.83. The lowest BCUT2D eigenvalue weighted by Gasteiger charge is -2.34. The van der Waals surface area contributed by atoms with Crippen LogP contribution in [-0.2, 0) is 0 Å². The van der Waals surface area contributed by atoms with Crippen molar-refractivity contribution in [2.45, 2.75) is 25.8 Å². The zero-order chi connectivity index (χ0) is 10.5. The van der Waals surface area contributed by atoms with Crippen LogP contribution in [0.15, 0.2) is 18.7 Å². The summed E-state index contributed by atoms with van der Waals surface area (Å²) in [6.45, 7) is 5.39. The minimum Gasteiger partial charge on any atom is -0.367 e. The summed E-state index contributed by atoms with van der Waals surface area (Å²) in [7, 11) is 0. The molecule has 1 saturated heterocycles. The minimum absolute atomic E-state index is 0.615. The predicted octanol–water partition coefficient (Wildman–Crippen LogP) is 1.05. The first kappa shape index (κ1) is 10.4. The molecule has 1 atom stereocenters. The van der Waals surface area contributed by atoms with Crippen molar-refractivity contribution in [3.8, 4) is 0 Å². The Labute approximate surface area is 90.7 Å². The standard InChI is InChI=1S/C11H18N4/c1-2-14-10-4-3-5-15(8-10)11-6-12-9-13-7-11/h6-7,9-10,14H,2-5,8H2,1H3. The van der Waals surface area contributed by atoms with E-state index in [0.29, 0.717) is 6.04 Å². The number of nitrogens with zero attached hydrogens (tertiary/aromatic N) is 3. The van der Waals surface area contributed by atoms with Crippen LogP contribution in [0.25, 0.3) is 0 Å². The van der Waals surface area contributed by atoms with Gasteiger partial charge in [-0.1, -0.05) is 6.92 Å². The zero-order valence-electron chi connectivity index (χ0n) is 9.19. The fourth-order valence-electron chi connectivity index (χ4n) is 2.12. The lowest BCUT2D eigenvalue weighted by Crippen LogP contribution is -2.45. The van der Waals surface area contributed by atoms with Gasteiger partial charge >= 0.3 is 0 Å². The molecule has 4 nitrogen and oxygen atoms in total. The Morgan fingerprint density at radius 3 is 3.00 bits per heavy atom. The molecule has 1 aliphatic heterocycles. The van der Waals surface area contributed by atoms with Gasteiger partial charge in [-0.15, -0.1) is 0 Å². The maximum Gasteiger partial charge on any atom is 0.115 e.